The van der Waals surface area contributed by atoms with Gasteiger partial charge in [0.15, 0.2) is 0 Å². The maximum Gasteiger partial charge on any atom is 0.226 e. The van der Waals surface area contributed by atoms with E-state index in [-0.39, 0.29) is 6.04 Å². The van der Waals surface area contributed by atoms with Crippen molar-refractivity contribution < 1.29 is 4.74 Å². The predicted octanol–water partition coefficient (Wildman–Crippen LogP) is 2.96. The summed E-state index contributed by atoms with van der Waals surface area (Å²) in [4.78, 5) is 10.0. The summed E-state index contributed by atoms with van der Waals surface area (Å²) in [6, 6.07) is 2.31. The first-order chi connectivity index (χ1) is 9.28. The Morgan fingerprint density at radius 1 is 1.37 bits per heavy atom. The zero-order chi connectivity index (χ0) is 13.7. The molecule has 1 atom stereocenters. The van der Waals surface area contributed by atoms with Crippen LogP contribution in [0.2, 0.25) is 0 Å². The molecule has 104 valence electrons. The molecule has 19 heavy (non-hydrogen) atoms. The van der Waals surface area contributed by atoms with Crippen molar-refractivity contribution >= 4 is 33.3 Å². The summed E-state index contributed by atoms with van der Waals surface area (Å²) in [5, 5.41) is 9.72. The maximum absolute atomic E-state index is 5.22. The summed E-state index contributed by atoms with van der Waals surface area (Å²) in [5.74, 6) is 1.55. The van der Waals surface area contributed by atoms with Gasteiger partial charge in [0.05, 0.1) is 18.0 Å². The highest BCUT2D eigenvalue weighted by atomic mass is 32.1. The lowest BCUT2D eigenvalue weighted by Crippen LogP contribution is -2.24. The summed E-state index contributed by atoms with van der Waals surface area (Å²) < 4.78 is 5.22. The topological polar surface area (TPSA) is 59.1 Å². The van der Waals surface area contributed by atoms with E-state index in [9.17, 15) is 0 Å². The van der Waals surface area contributed by atoms with Crippen molar-refractivity contribution in [2.24, 2.45) is 0 Å². The number of aromatic nitrogens is 2. The molecular weight excluding hydrogens is 260 g/mol. The lowest BCUT2D eigenvalue weighted by molar-refractivity contribution is 0.184. The third kappa shape index (κ3) is 3.33. The van der Waals surface area contributed by atoms with Gasteiger partial charge in [0.1, 0.15) is 10.6 Å². The fourth-order valence-corrected chi connectivity index (χ4v) is 2.62. The number of thiophene rings is 1. The molecule has 6 heteroatoms. The number of ether oxygens (including phenoxy) is 1. The molecule has 5 nitrogen and oxygen atoms in total. The fourth-order valence-electron chi connectivity index (χ4n) is 1.86. The van der Waals surface area contributed by atoms with E-state index in [1.54, 1.807) is 18.4 Å². The first-order valence-corrected chi connectivity index (χ1v) is 7.41. The number of hydrogen-bond donors (Lipinski definition) is 2. The number of nitrogens with one attached hydrogen (secondary N) is 2. The SMILES string of the molecule is CCNc1nc(NC(CC)COC)c2ccsc2n1. The van der Waals surface area contributed by atoms with Crippen LogP contribution in [0, 0.1) is 0 Å². The summed E-state index contributed by atoms with van der Waals surface area (Å²) in [6.07, 6.45) is 0.986. The Bertz CT molecular complexity index is 528. The molecular formula is C13H20N4OS. The Morgan fingerprint density at radius 2 is 2.21 bits per heavy atom. The van der Waals surface area contributed by atoms with Gasteiger partial charge < -0.3 is 15.4 Å². The standard InChI is InChI=1S/C13H20N4OS/c1-4-9(8-18-3)15-11-10-6-7-19-12(10)17-13(16-11)14-5-2/h6-7,9H,4-5,8H2,1-3H3,(H2,14,15,16,17). The van der Waals surface area contributed by atoms with Gasteiger partial charge in [-0.1, -0.05) is 6.92 Å². The first-order valence-electron chi connectivity index (χ1n) is 6.53. The molecule has 2 N–H and O–H groups in total. The zero-order valence-corrected chi connectivity index (χ0v) is 12.4. The summed E-state index contributed by atoms with van der Waals surface area (Å²) in [5.41, 5.74) is 0. The second kappa shape index (κ2) is 6.68. The molecule has 0 spiro atoms. The van der Waals surface area contributed by atoms with Crippen LogP contribution in [0.1, 0.15) is 20.3 Å². The van der Waals surface area contributed by atoms with Gasteiger partial charge in [0.2, 0.25) is 5.95 Å². The average molecular weight is 280 g/mol. The minimum absolute atomic E-state index is 0.262. The van der Waals surface area contributed by atoms with Gasteiger partial charge in [0, 0.05) is 13.7 Å². The number of rotatable bonds is 7. The average Bonchev–Trinajstić information content (AvgIpc) is 2.87. The summed E-state index contributed by atoms with van der Waals surface area (Å²) in [7, 11) is 1.72. The highest BCUT2D eigenvalue weighted by Gasteiger charge is 2.12. The molecule has 0 saturated carbocycles. The van der Waals surface area contributed by atoms with Crippen molar-refractivity contribution in [3.63, 3.8) is 0 Å². The molecule has 0 aromatic carbocycles. The Labute approximate surface area is 117 Å². The van der Waals surface area contributed by atoms with E-state index in [4.69, 9.17) is 4.74 Å². The minimum Gasteiger partial charge on any atom is -0.383 e. The molecule has 0 aliphatic rings. The normalized spacial score (nSPS) is 12.6. The number of hydrogen-bond acceptors (Lipinski definition) is 6. The van der Waals surface area contributed by atoms with Crippen LogP contribution in [0.5, 0.6) is 0 Å². The van der Waals surface area contributed by atoms with Gasteiger partial charge >= 0.3 is 0 Å². The van der Waals surface area contributed by atoms with E-state index >= 15 is 0 Å². The van der Waals surface area contributed by atoms with Gasteiger partial charge in [-0.05, 0) is 24.8 Å². The van der Waals surface area contributed by atoms with E-state index < -0.39 is 0 Å². The van der Waals surface area contributed by atoms with Crippen molar-refractivity contribution in [1.82, 2.24) is 9.97 Å². The van der Waals surface area contributed by atoms with Crippen LogP contribution in [-0.4, -0.2) is 36.3 Å². The molecule has 0 saturated heterocycles. The quantitative estimate of drug-likeness (QED) is 0.816. The highest BCUT2D eigenvalue weighted by Crippen LogP contribution is 2.27. The van der Waals surface area contributed by atoms with Crippen molar-refractivity contribution in [1.29, 1.82) is 0 Å². The Balaban J connectivity index is 2.31. The maximum atomic E-state index is 5.22. The van der Waals surface area contributed by atoms with E-state index in [1.807, 2.05) is 12.3 Å². The van der Waals surface area contributed by atoms with Crippen molar-refractivity contribution in [3.8, 4) is 0 Å². The molecule has 2 rings (SSSR count). The Kier molecular flexibility index (Phi) is 4.93. The molecule has 0 amide bonds. The number of nitrogens with zero attached hydrogens (tertiary/aromatic N) is 2. The molecule has 2 aromatic rings. The van der Waals surface area contributed by atoms with Crippen LogP contribution in [0.15, 0.2) is 11.4 Å². The highest BCUT2D eigenvalue weighted by molar-refractivity contribution is 7.16. The second-order valence-corrected chi connectivity index (χ2v) is 5.16. The molecule has 0 aliphatic heterocycles. The van der Waals surface area contributed by atoms with Crippen molar-refractivity contribution in [2.45, 2.75) is 26.3 Å². The van der Waals surface area contributed by atoms with E-state index in [1.165, 1.54) is 0 Å². The lowest BCUT2D eigenvalue weighted by Gasteiger charge is -2.17. The largest absolute Gasteiger partial charge is 0.383 e. The van der Waals surface area contributed by atoms with Gasteiger partial charge in [-0.2, -0.15) is 4.98 Å². The van der Waals surface area contributed by atoms with Crippen molar-refractivity contribution in [3.05, 3.63) is 11.4 Å². The molecule has 2 aromatic heterocycles. The van der Waals surface area contributed by atoms with E-state index in [0.29, 0.717) is 12.6 Å². The van der Waals surface area contributed by atoms with Crippen molar-refractivity contribution in [2.75, 3.05) is 30.9 Å². The molecule has 1 unspecified atom stereocenters. The smallest absolute Gasteiger partial charge is 0.226 e. The van der Waals surface area contributed by atoms with Gasteiger partial charge in [-0.25, -0.2) is 4.98 Å². The number of methoxy groups -OCH3 is 1. The van der Waals surface area contributed by atoms with Gasteiger partial charge in [-0.3, -0.25) is 0 Å². The van der Waals surface area contributed by atoms with Crippen LogP contribution in [0.3, 0.4) is 0 Å². The minimum atomic E-state index is 0.262. The number of fused-ring (bicyclic) bond motifs is 1. The molecule has 0 aliphatic carbocycles. The monoisotopic (exact) mass is 280 g/mol. The fraction of sp³-hybridized carbons (Fsp3) is 0.538. The molecule has 2 heterocycles. The summed E-state index contributed by atoms with van der Waals surface area (Å²) >= 11 is 1.63. The molecule has 0 fully saturated rings. The zero-order valence-electron chi connectivity index (χ0n) is 11.6. The van der Waals surface area contributed by atoms with Gasteiger partial charge in [-0.15, -0.1) is 11.3 Å². The van der Waals surface area contributed by atoms with Gasteiger partial charge in [0.25, 0.3) is 0 Å². The lowest BCUT2D eigenvalue weighted by atomic mass is 10.2. The van der Waals surface area contributed by atoms with Crippen LogP contribution in [-0.2, 0) is 4.74 Å². The molecule has 0 bridgehead atoms. The van der Waals surface area contributed by atoms with Crippen LogP contribution in [0.25, 0.3) is 10.2 Å². The Morgan fingerprint density at radius 3 is 2.89 bits per heavy atom. The van der Waals surface area contributed by atoms with Crippen LogP contribution in [0.4, 0.5) is 11.8 Å². The van der Waals surface area contributed by atoms with E-state index in [0.717, 1.165) is 29.0 Å². The Hall–Kier alpha value is -1.40. The third-order valence-electron chi connectivity index (χ3n) is 2.86. The van der Waals surface area contributed by atoms with Crippen LogP contribution < -0.4 is 10.6 Å². The molecule has 0 radical (unpaired) electrons. The van der Waals surface area contributed by atoms with E-state index in [2.05, 4.69) is 33.6 Å². The predicted molar refractivity (Wildman–Crippen MR) is 81.2 cm³/mol. The van der Waals surface area contributed by atoms with Crippen LogP contribution >= 0.6 is 11.3 Å². The first kappa shape index (κ1) is 14.0. The number of anilines is 2. The summed E-state index contributed by atoms with van der Waals surface area (Å²) in [6.45, 7) is 5.65. The third-order valence-corrected chi connectivity index (χ3v) is 3.67. The second-order valence-electron chi connectivity index (χ2n) is 4.27.